The fraction of sp³-hybridized carbons (Fsp3) is 0.407. The molecule has 0 saturated carbocycles. The highest BCUT2D eigenvalue weighted by atomic mass is 16.6. The third kappa shape index (κ3) is 4.76. The summed E-state index contributed by atoms with van der Waals surface area (Å²) in [6, 6.07) is 13.8. The molecule has 0 bridgehead atoms. The Labute approximate surface area is 209 Å². The van der Waals surface area contributed by atoms with E-state index in [1.807, 2.05) is 30.3 Å². The van der Waals surface area contributed by atoms with Crippen molar-refractivity contribution in [2.24, 2.45) is 10.8 Å². The van der Waals surface area contributed by atoms with E-state index in [0.29, 0.717) is 5.56 Å². The fourth-order valence-electron chi connectivity index (χ4n) is 5.74. The van der Waals surface area contributed by atoms with Gasteiger partial charge in [-0.3, -0.25) is 19.7 Å². The molecular weight excluding hydrogens is 464 g/mol. The van der Waals surface area contributed by atoms with Crippen LogP contribution in [0.5, 0.6) is 0 Å². The first-order chi connectivity index (χ1) is 17.1. The molecule has 9 nitrogen and oxygen atoms in total. The molecule has 5 atom stereocenters. The van der Waals surface area contributed by atoms with Crippen LogP contribution in [0.2, 0.25) is 0 Å². The minimum atomic E-state index is -1.63. The molecule has 0 aliphatic carbocycles. The molecule has 192 valence electrons. The summed E-state index contributed by atoms with van der Waals surface area (Å²) in [7, 11) is 1.45. The number of nitrogens with one attached hydrogen (secondary N) is 1. The van der Waals surface area contributed by atoms with Gasteiger partial charge >= 0.3 is 11.9 Å². The van der Waals surface area contributed by atoms with Crippen molar-refractivity contribution in [2.75, 3.05) is 13.7 Å². The van der Waals surface area contributed by atoms with Crippen LogP contribution in [0.15, 0.2) is 60.7 Å². The molecule has 0 radical (unpaired) electrons. The molecule has 5 unspecified atom stereocenters. The van der Waals surface area contributed by atoms with Gasteiger partial charge in [0.2, 0.25) is 0 Å². The number of non-ortho nitro benzene ring substituents is 1. The number of nitro benzene ring substituents is 1. The number of nitro groups is 1. The summed E-state index contributed by atoms with van der Waals surface area (Å²) < 4.78 is 5.25. The van der Waals surface area contributed by atoms with Crippen molar-refractivity contribution in [1.29, 1.82) is 0 Å². The number of rotatable bonds is 10. The number of methoxy groups -OCH3 is 1. The van der Waals surface area contributed by atoms with Crippen molar-refractivity contribution in [1.82, 2.24) is 5.32 Å². The highest BCUT2D eigenvalue weighted by Gasteiger charge is 2.66. The Bertz CT molecular complexity index is 1140. The largest absolute Gasteiger partial charge is 0.481 e. The minimum Gasteiger partial charge on any atom is -0.481 e. The second-order valence-electron chi connectivity index (χ2n) is 9.35. The van der Waals surface area contributed by atoms with Crippen LogP contribution in [0.4, 0.5) is 5.69 Å². The van der Waals surface area contributed by atoms with Gasteiger partial charge in [0.25, 0.3) is 5.69 Å². The zero-order valence-corrected chi connectivity index (χ0v) is 20.6. The quantitative estimate of drug-likeness (QED) is 0.326. The van der Waals surface area contributed by atoms with Crippen LogP contribution in [0.25, 0.3) is 6.08 Å². The summed E-state index contributed by atoms with van der Waals surface area (Å²) in [4.78, 5) is 37.3. The maximum atomic E-state index is 13.2. The summed E-state index contributed by atoms with van der Waals surface area (Å²) in [6.07, 6.45) is 3.57. The molecule has 9 heteroatoms. The van der Waals surface area contributed by atoms with Gasteiger partial charge in [-0.05, 0) is 37.8 Å². The first-order valence-electron chi connectivity index (χ1n) is 11.8. The van der Waals surface area contributed by atoms with Gasteiger partial charge in [0.05, 0.1) is 15.8 Å². The van der Waals surface area contributed by atoms with E-state index in [1.165, 1.54) is 25.3 Å². The number of ether oxygens (including phenoxy) is 1. The maximum Gasteiger partial charge on any atom is 0.312 e. The third-order valence-corrected chi connectivity index (χ3v) is 7.57. The third-order valence-electron chi connectivity index (χ3n) is 7.57. The topological polar surface area (TPSA) is 139 Å². The van der Waals surface area contributed by atoms with Crippen LogP contribution in [0, 0.1) is 20.9 Å². The number of piperidine rings is 1. The number of aliphatic carboxylic acids is 2. The average molecular weight is 497 g/mol. The Kier molecular flexibility index (Phi) is 8.27. The molecule has 0 spiro atoms. The van der Waals surface area contributed by atoms with Crippen LogP contribution in [-0.2, 0) is 14.3 Å². The summed E-state index contributed by atoms with van der Waals surface area (Å²) in [5, 5.41) is 36.2. The number of hydrogen-bond donors (Lipinski definition) is 3. The summed E-state index contributed by atoms with van der Waals surface area (Å²) in [5.74, 6) is -3.45. The normalized spacial score (nSPS) is 28.1. The Hall–Kier alpha value is -3.56. The molecule has 1 aliphatic heterocycles. The zero-order valence-electron chi connectivity index (χ0n) is 20.6. The van der Waals surface area contributed by atoms with Gasteiger partial charge in [0, 0.05) is 43.9 Å². The minimum absolute atomic E-state index is 0.00743. The molecule has 3 rings (SSSR count). The number of allylic oxidation sites excluding steroid dienone is 1. The Morgan fingerprint density at radius 3 is 2.28 bits per heavy atom. The van der Waals surface area contributed by atoms with Crippen molar-refractivity contribution in [3.63, 3.8) is 0 Å². The number of hydrogen-bond acceptors (Lipinski definition) is 6. The fourth-order valence-corrected chi connectivity index (χ4v) is 5.74. The van der Waals surface area contributed by atoms with Crippen LogP contribution < -0.4 is 5.32 Å². The molecule has 1 fully saturated rings. The average Bonchev–Trinajstić information content (AvgIpc) is 2.84. The van der Waals surface area contributed by atoms with E-state index in [2.05, 4.69) is 5.32 Å². The number of carbonyl (C=O) groups is 2. The van der Waals surface area contributed by atoms with E-state index in [1.54, 1.807) is 32.1 Å². The lowest BCUT2D eigenvalue weighted by atomic mass is 9.50. The first-order valence-corrected chi connectivity index (χ1v) is 11.8. The van der Waals surface area contributed by atoms with Gasteiger partial charge in [-0.25, -0.2) is 0 Å². The Morgan fingerprint density at radius 2 is 1.69 bits per heavy atom. The summed E-state index contributed by atoms with van der Waals surface area (Å²) in [6.45, 7) is 3.53. The van der Waals surface area contributed by atoms with Crippen molar-refractivity contribution >= 4 is 23.7 Å². The summed E-state index contributed by atoms with van der Waals surface area (Å²) >= 11 is 0. The molecule has 0 aromatic heterocycles. The molecule has 3 N–H and O–H groups in total. The number of carboxylic acids is 2. The maximum absolute atomic E-state index is 13.2. The number of benzene rings is 2. The smallest absolute Gasteiger partial charge is 0.312 e. The van der Waals surface area contributed by atoms with Gasteiger partial charge in [-0.2, -0.15) is 0 Å². The van der Waals surface area contributed by atoms with E-state index in [9.17, 15) is 29.9 Å². The van der Waals surface area contributed by atoms with Crippen LogP contribution in [-0.4, -0.2) is 52.9 Å². The number of nitrogens with zero attached hydrogens (tertiary/aromatic N) is 1. The van der Waals surface area contributed by atoms with Crippen LogP contribution >= 0.6 is 0 Å². The monoisotopic (exact) mass is 496 g/mol. The Morgan fingerprint density at radius 1 is 1.06 bits per heavy atom. The van der Waals surface area contributed by atoms with E-state index in [-0.39, 0.29) is 25.1 Å². The highest BCUT2D eigenvalue weighted by molar-refractivity contribution is 5.84. The van der Waals surface area contributed by atoms with Crippen molar-refractivity contribution in [3.8, 4) is 0 Å². The lowest BCUT2D eigenvalue weighted by molar-refractivity contribution is -0.385. The molecule has 1 aliphatic rings. The summed E-state index contributed by atoms with van der Waals surface area (Å²) in [5.41, 5.74) is -2.29. The molecule has 2 aromatic rings. The Balaban J connectivity index is 2.29. The lowest BCUT2D eigenvalue weighted by Gasteiger charge is -2.57. The van der Waals surface area contributed by atoms with E-state index < -0.39 is 45.7 Å². The highest BCUT2D eigenvalue weighted by Crippen LogP contribution is 2.59. The standard InChI is InChI=1S/C27H32N2O7/c1-18-26(24(30)31,14-8-11-20-9-5-4-6-10-20)23(21-12-7-13-22(17-21)29(34)35)27(25(32)33,15-16-36-3)19(2)28-18/h4-13,17-19,23,28H,14-16H2,1-3H3,(H,30,31)(H,32,33)/b11-8+. The van der Waals surface area contributed by atoms with Crippen molar-refractivity contribution in [2.45, 2.75) is 44.7 Å². The van der Waals surface area contributed by atoms with Crippen molar-refractivity contribution in [3.05, 3.63) is 81.9 Å². The second kappa shape index (κ2) is 11.0. The van der Waals surface area contributed by atoms with Gasteiger partial charge in [0.15, 0.2) is 0 Å². The molecule has 1 saturated heterocycles. The van der Waals surface area contributed by atoms with Gasteiger partial charge < -0.3 is 20.3 Å². The lowest BCUT2D eigenvalue weighted by Crippen LogP contribution is -2.69. The second-order valence-corrected chi connectivity index (χ2v) is 9.35. The van der Waals surface area contributed by atoms with Gasteiger partial charge in [-0.15, -0.1) is 0 Å². The molecule has 2 aromatic carbocycles. The molecular formula is C27H32N2O7. The van der Waals surface area contributed by atoms with Crippen molar-refractivity contribution < 1.29 is 29.5 Å². The van der Waals surface area contributed by atoms with Crippen LogP contribution in [0.3, 0.4) is 0 Å². The number of carboxylic acid groups (broad SMARTS) is 2. The SMILES string of the molecule is COCCC1(C(=O)O)C(C)NC(C)C(C/C=C/c2ccccc2)(C(=O)O)C1c1cccc([N+](=O)[O-])c1. The zero-order chi connectivity index (χ0) is 26.5. The first kappa shape index (κ1) is 27.0. The molecule has 1 heterocycles. The van der Waals surface area contributed by atoms with Gasteiger partial charge in [-0.1, -0.05) is 54.6 Å². The van der Waals surface area contributed by atoms with E-state index >= 15 is 0 Å². The predicted molar refractivity (Wildman–Crippen MR) is 135 cm³/mol. The van der Waals surface area contributed by atoms with Crippen LogP contribution in [0.1, 0.15) is 43.7 Å². The molecule has 36 heavy (non-hydrogen) atoms. The van der Waals surface area contributed by atoms with Gasteiger partial charge in [0.1, 0.15) is 0 Å². The molecule has 0 amide bonds. The van der Waals surface area contributed by atoms with E-state index in [4.69, 9.17) is 4.74 Å². The predicted octanol–water partition coefficient (Wildman–Crippen LogP) is 4.34. The van der Waals surface area contributed by atoms with E-state index in [0.717, 1.165) is 5.56 Å².